The van der Waals surface area contributed by atoms with Gasteiger partial charge in [0.1, 0.15) is 5.37 Å². The standard InChI is InChI=1S/C13H16N2O2S/c16-18(17,9-10-4-2-1-3-5-10)13-12-8-14-6-11(12)7-15-13/h1-5,13-15H,6-9H2. The van der Waals surface area contributed by atoms with Gasteiger partial charge in [0.15, 0.2) is 9.84 Å². The van der Waals surface area contributed by atoms with Crippen LogP contribution in [-0.2, 0) is 15.6 Å². The second kappa shape index (κ2) is 4.50. The van der Waals surface area contributed by atoms with Crippen molar-refractivity contribution in [1.82, 2.24) is 10.6 Å². The average Bonchev–Trinajstić information content (AvgIpc) is 2.90. The highest BCUT2D eigenvalue weighted by Gasteiger charge is 2.36. The predicted octanol–water partition coefficient (Wildman–Crippen LogP) is 0.430. The van der Waals surface area contributed by atoms with Gasteiger partial charge in [-0.15, -0.1) is 0 Å². The van der Waals surface area contributed by atoms with Gasteiger partial charge in [0.05, 0.1) is 5.75 Å². The Balaban J connectivity index is 1.83. The van der Waals surface area contributed by atoms with Crippen molar-refractivity contribution in [3.05, 3.63) is 47.0 Å². The summed E-state index contributed by atoms with van der Waals surface area (Å²) < 4.78 is 24.8. The Morgan fingerprint density at radius 3 is 2.67 bits per heavy atom. The molecule has 0 radical (unpaired) electrons. The molecule has 1 atom stereocenters. The molecule has 0 aliphatic carbocycles. The fourth-order valence-corrected chi connectivity index (χ4v) is 4.46. The summed E-state index contributed by atoms with van der Waals surface area (Å²) in [4.78, 5) is 0. The highest BCUT2D eigenvalue weighted by atomic mass is 32.2. The third kappa shape index (κ3) is 2.09. The largest absolute Gasteiger partial charge is 0.309 e. The molecule has 2 aliphatic heterocycles. The van der Waals surface area contributed by atoms with Crippen LogP contribution < -0.4 is 10.6 Å². The van der Waals surface area contributed by atoms with Gasteiger partial charge < -0.3 is 5.32 Å². The van der Waals surface area contributed by atoms with E-state index in [0.29, 0.717) is 13.1 Å². The van der Waals surface area contributed by atoms with Crippen LogP contribution in [0, 0.1) is 0 Å². The minimum absolute atomic E-state index is 0.0995. The Labute approximate surface area is 107 Å². The Morgan fingerprint density at radius 2 is 1.89 bits per heavy atom. The summed E-state index contributed by atoms with van der Waals surface area (Å²) in [5, 5.41) is 5.83. The van der Waals surface area contributed by atoms with Crippen LogP contribution in [0.15, 0.2) is 41.5 Å². The highest BCUT2D eigenvalue weighted by molar-refractivity contribution is 7.91. The topological polar surface area (TPSA) is 58.2 Å². The van der Waals surface area contributed by atoms with Crippen LogP contribution in [0.25, 0.3) is 0 Å². The van der Waals surface area contributed by atoms with Crippen LogP contribution in [0.5, 0.6) is 0 Å². The predicted molar refractivity (Wildman–Crippen MR) is 70.8 cm³/mol. The first-order valence-electron chi connectivity index (χ1n) is 6.07. The third-order valence-corrected chi connectivity index (χ3v) is 5.40. The fourth-order valence-electron chi connectivity index (χ4n) is 2.61. The number of nitrogens with one attached hydrogen (secondary N) is 2. The lowest BCUT2D eigenvalue weighted by Crippen LogP contribution is -2.37. The lowest BCUT2D eigenvalue weighted by molar-refractivity contribution is 0.573. The number of hydrogen-bond donors (Lipinski definition) is 2. The first-order valence-corrected chi connectivity index (χ1v) is 7.79. The molecule has 3 rings (SSSR count). The summed E-state index contributed by atoms with van der Waals surface area (Å²) >= 11 is 0. The molecule has 1 unspecified atom stereocenters. The van der Waals surface area contributed by atoms with Gasteiger partial charge in [-0.05, 0) is 16.7 Å². The van der Waals surface area contributed by atoms with Crippen LogP contribution in [0.3, 0.4) is 0 Å². The van der Waals surface area contributed by atoms with E-state index in [1.54, 1.807) is 0 Å². The van der Waals surface area contributed by atoms with Crippen molar-refractivity contribution >= 4 is 9.84 Å². The van der Waals surface area contributed by atoms with Crippen LogP contribution in [0.4, 0.5) is 0 Å². The van der Waals surface area contributed by atoms with Crippen molar-refractivity contribution in [2.45, 2.75) is 11.1 Å². The monoisotopic (exact) mass is 264 g/mol. The second-order valence-corrected chi connectivity index (χ2v) is 6.87. The van der Waals surface area contributed by atoms with E-state index in [4.69, 9.17) is 0 Å². The number of rotatable bonds is 3. The van der Waals surface area contributed by atoms with E-state index in [1.165, 1.54) is 5.57 Å². The van der Waals surface area contributed by atoms with E-state index < -0.39 is 15.2 Å². The van der Waals surface area contributed by atoms with Crippen molar-refractivity contribution in [2.75, 3.05) is 19.6 Å². The molecule has 5 heteroatoms. The van der Waals surface area contributed by atoms with Gasteiger partial charge in [0.2, 0.25) is 0 Å². The Kier molecular flexibility index (Phi) is 2.97. The van der Waals surface area contributed by atoms with Gasteiger partial charge in [-0.1, -0.05) is 30.3 Å². The van der Waals surface area contributed by atoms with Crippen LogP contribution >= 0.6 is 0 Å². The van der Waals surface area contributed by atoms with Crippen LogP contribution in [0.1, 0.15) is 5.56 Å². The Bertz CT molecular complexity index is 578. The zero-order valence-corrected chi connectivity index (χ0v) is 10.8. The van der Waals surface area contributed by atoms with Gasteiger partial charge in [0, 0.05) is 19.6 Å². The molecule has 0 saturated heterocycles. The fraction of sp³-hybridized carbons (Fsp3) is 0.385. The van der Waals surface area contributed by atoms with Crippen molar-refractivity contribution in [3.63, 3.8) is 0 Å². The molecule has 2 N–H and O–H groups in total. The van der Waals surface area contributed by atoms with Crippen molar-refractivity contribution in [2.24, 2.45) is 0 Å². The molecule has 0 spiro atoms. The van der Waals surface area contributed by atoms with Gasteiger partial charge in [0.25, 0.3) is 0 Å². The molecule has 0 bridgehead atoms. The third-order valence-electron chi connectivity index (χ3n) is 3.50. The van der Waals surface area contributed by atoms with Gasteiger partial charge >= 0.3 is 0 Å². The minimum Gasteiger partial charge on any atom is -0.309 e. The SMILES string of the molecule is O=S(=O)(Cc1ccccc1)C1NCC2=C1CNC2. The lowest BCUT2D eigenvalue weighted by Gasteiger charge is -2.15. The second-order valence-electron chi connectivity index (χ2n) is 4.79. The molecule has 1 aromatic carbocycles. The summed E-state index contributed by atoms with van der Waals surface area (Å²) in [5.74, 6) is 0.0995. The number of hydrogen-bond acceptors (Lipinski definition) is 4. The van der Waals surface area contributed by atoms with Gasteiger partial charge in [-0.3, -0.25) is 5.32 Å². The van der Waals surface area contributed by atoms with E-state index in [0.717, 1.165) is 17.7 Å². The van der Waals surface area contributed by atoms with Crippen molar-refractivity contribution < 1.29 is 8.42 Å². The van der Waals surface area contributed by atoms with E-state index in [2.05, 4.69) is 10.6 Å². The quantitative estimate of drug-likeness (QED) is 0.777. The Hall–Kier alpha value is -1.17. The van der Waals surface area contributed by atoms with Crippen LogP contribution in [-0.4, -0.2) is 33.4 Å². The molecular formula is C13H16N2O2S. The first-order chi connectivity index (χ1) is 8.67. The molecule has 1 aromatic rings. The summed E-state index contributed by atoms with van der Waals surface area (Å²) in [6, 6.07) is 9.35. The van der Waals surface area contributed by atoms with E-state index in [1.807, 2.05) is 30.3 Å². The van der Waals surface area contributed by atoms with Crippen LogP contribution in [0.2, 0.25) is 0 Å². The zero-order chi connectivity index (χ0) is 12.6. The van der Waals surface area contributed by atoms with E-state index in [-0.39, 0.29) is 5.75 Å². The van der Waals surface area contributed by atoms with E-state index >= 15 is 0 Å². The first kappa shape index (κ1) is 11.9. The number of benzene rings is 1. The molecule has 2 heterocycles. The summed E-state index contributed by atoms with van der Waals surface area (Å²) in [5.41, 5.74) is 3.10. The summed E-state index contributed by atoms with van der Waals surface area (Å²) in [7, 11) is -3.18. The van der Waals surface area contributed by atoms with Crippen molar-refractivity contribution in [1.29, 1.82) is 0 Å². The molecular weight excluding hydrogens is 248 g/mol. The minimum atomic E-state index is -3.18. The maximum atomic E-state index is 12.4. The zero-order valence-electron chi connectivity index (χ0n) is 10.0. The molecule has 0 amide bonds. The summed E-state index contributed by atoms with van der Waals surface area (Å²) in [6.45, 7) is 2.21. The highest BCUT2D eigenvalue weighted by Crippen LogP contribution is 2.25. The molecule has 0 aromatic heterocycles. The smallest absolute Gasteiger partial charge is 0.174 e. The maximum absolute atomic E-state index is 12.4. The molecule has 0 fully saturated rings. The van der Waals surface area contributed by atoms with Gasteiger partial charge in [-0.2, -0.15) is 0 Å². The molecule has 18 heavy (non-hydrogen) atoms. The Morgan fingerprint density at radius 1 is 1.11 bits per heavy atom. The molecule has 0 saturated carbocycles. The lowest BCUT2D eigenvalue weighted by atomic mass is 10.2. The molecule has 2 aliphatic rings. The van der Waals surface area contributed by atoms with Gasteiger partial charge in [-0.25, -0.2) is 8.42 Å². The van der Waals surface area contributed by atoms with E-state index in [9.17, 15) is 8.42 Å². The maximum Gasteiger partial charge on any atom is 0.174 e. The summed E-state index contributed by atoms with van der Waals surface area (Å²) in [6.07, 6.45) is 0. The van der Waals surface area contributed by atoms with Crippen molar-refractivity contribution in [3.8, 4) is 0 Å². The normalized spacial score (nSPS) is 23.4. The molecule has 4 nitrogen and oxygen atoms in total. The average molecular weight is 264 g/mol. The number of sulfone groups is 1. The molecule has 96 valence electrons.